The van der Waals surface area contributed by atoms with Crippen molar-refractivity contribution >= 4 is 5.78 Å². The van der Waals surface area contributed by atoms with E-state index in [9.17, 15) is 4.79 Å². The number of Topliss-reactive ketones (excluding diaryl/α,β-unsaturated/α-hetero) is 1. The normalized spacial score (nSPS) is 12.2. The summed E-state index contributed by atoms with van der Waals surface area (Å²) in [6.45, 7) is 5.63. The fraction of sp³-hybridized carbons (Fsp3) is 0.417. The fourth-order valence-electron chi connectivity index (χ4n) is 1.25. The van der Waals surface area contributed by atoms with E-state index in [0.717, 1.165) is 11.3 Å². The first kappa shape index (κ1) is 10.8. The second-order valence-corrected chi connectivity index (χ2v) is 3.40. The molecule has 14 heavy (non-hydrogen) atoms. The minimum atomic E-state index is -0.346. The molecule has 0 radical (unpaired) electrons. The lowest BCUT2D eigenvalue weighted by molar-refractivity contribution is -0.124. The molecule has 0 aliphatic heterocycles. The lowest BCUT2D eigenvalue weighted by Gasteiger charge is -2.12. The van der Waals surface area contributed by atoms with Crippen LogP contribution in [0, 0.1) is 6.92 Å². The van der Waals surface area contributed by atoms with Gasteiger partial charge in [0.1, 0.15) is 5.75 Å². The van der Waals surface area contributed by atoms with Gasteiger partial charge in [0.2, 0.25) is 0 Å². The average molecular weight is 192 g/mol. The van der Waals surface area contributed by atoms with E-state index < -0.39 is 0 Å². The molecule has 1 atom stereocenters. The zero-order valence-electron chi connectivity index (χ0n) is 8.91. The van der Waals surface area contributed by atoms with Gasteiger partial charge >= 0.3 is 0 Å². The standard InChI is InChI=1S/C12H16O2/c1-4-12(13)10(3)14-11-7-5-6-9(2)8-11/h5-8,10H,4H2,1-3H3. The van der Waals surface area contributed by atoms with Crippen LogP contribution in [0.5, 0.6) is 5.75 Å². The van der Waals surface area contributed by atoms with Gasteiger partial charge in [-0.3, -0.25) is 4.79 Å². The number of carbonyl (C=O) groups is 1. The molecule has 1 aromatic carbocycles. The minimum Gasteiger partial charge on any atom is -0.483 e. The number of carbonyl (C=O) groups excluding carboxylic acids is 1. The van der Waals surface area contributed by atoms with Crippen molar-refractivity contribution in [3.05, 3.63) is 29.8 Å². The highest BCUT2D eigenvalue weighted by Crippen LogP contribution is 2.14. The van der Waals surface area contributed by atoms with Crippen molar-refractivity contribution in [3.63, 3.8) is 0 Å². The minimum absolute atomic E-state index is 0.131. The van der Waals surface area contributed by atoms with E-state index in [1.165, 1.54) is 0 Å². The highest BCUT2D eigenvalue weighted by molar-refractivity contribution is 5.82. The van der Waals surface area contributed by atoms with E-state index in [-0.39, 0.29) is 11.9 Å². The summed E-state index contributed by atoms with van der Waals surface area (Å²) in [5.74, 6) is 0.894. The maximum Gasteiger partial charge on any atom is 0.172 e. The molecule has 0 saturated carbocycles. The summed E-state index contributed by atoms with van der Waals surface area (Å²) in [5, 5.41) is 0. The lowest BCUT2D eigenvalue weighted by Crippen LogP contribution is -2.22. The Morgan fingerprint density at radius 2 is 2.21 bits per heavy atom. The third kappa shape index (κ3) is 2.87. The molecule has 1 unspecified atom stereocenters. The molecule has 0 aromatic heterocycles. The molecular formula is C12H16O2. The van der Waals surface area contributed by atoms with Gasteiger partial charge in [-0.1, -0.05) is 19.1 Å². The highest BCUT2D eigenvalue weighted by atomic mass is 16.5. The molecular weight excluding hydrogens is 176 g/mol. The van der Waals surface area contributed by atoms with Crippen LogP contribution in [0.3, 0.4) is 0 Å². The van der Waals surface area contributed by atoms with E-state index in [4.69, 9.17) is 4.74 Å². The first-order valence-electron chi connectivity index (χ1n) is 4.89. The third-order valence-electron chi connectivity index (χ3n) is 2.10. The molecule has 2 heteroatoms. The topological polar surface area (TPSA) is 26.3 Å². The van der Waals surface area contributed by atoms with Gasteiger partial charge in [0, 0.05) is 6.42 Å². The predicted octanol–water partition coefficient (Wildman–Crippen LogP) is 2.74. The number of aryl methyl sites for hydroxylation is 1. The third-order valence-corrected chi connectivity index (χ3v) is 2.10. The van der Waals surface area contributed by atoms with Gasteiger partial charge in [0.15, 0.2) is 11.9 Å². The second kappa shape index (κ2) is 4.80. The number of ether oxygens (including phenoxy) is 1. The molecule has 0 amide bonds. The zero-order valence-corrected chi connectivity index (χ0v) is 8.91. The van der Waals surface area contributed by atoms with Gasteiger partial charge < -0.3 is 4.74 Å². The number of hydrogen-bond acceptors (Lipinski definition) is 2. The van der Waals surface area contributed by atoms with Crippen LogP contribution in [-0.4, -0.2) is 11.9 Å². The van der Waals surface area contributed by atoms with Crippen LogP contribution >= 0.6 is 0 Å². The van der Waals surface area contributed by atoms with Gasteiger partial charge in [-0.15, -0.1) is 0 Å². The zero-order chi connectivity index (χ0) is 10.6. The predicted molar refractivity (Wildman–Crippen MR) is 56.6 cm³/mol. The first-order chi connectivity index (χ1) is 6.63. The molecule has 0 N–H and O–H groups in total. The van der Waals surface area contributed by atoms with Gasteiger partial charge in [0.25, 0.3) is 0 Å². The molecule has 1 aromatic rings. The van der Waals surface area contributed by atoms with Crippen LogP contribution in [0.15, 0.2) is 24.3 Å². The Labute approximate surface area is 84.9 Å². The maximum atomic E-state index is 11.3. The van der Waals surface area contributed by atoms with Crippen molar-refractivity contribution in [2.75, 3.05) is 0 Å². The van der Waals surface area contributed by atoms with Crippen molar-refractivity contribution in [1.82, 2.24) is 0 Å². The van der Waals surface area contributed by atoms with Crippen molar-refractivity contribution in [1.29, 1.82) is 0 Å². The Hall–Kier alpha value is -1.31. The van der Waals surface area contributed by atoms with E-state index in [2.05, 4.69) is 0 Å². The van der Waals surface area contributed by atoms with E-state index in [1.807, 2.05) is 38.1 Å². The summed E-state index contributed by atoms with van der Waals surface area (Å²) in [5.41, 5.74) is 1.14. The van der Waals surface area contributed by atoms with Crippen LogP contribution in [0.1, 0.15) is 25.8 Å². The van der Waals surface area contributed by atoms with Crippen LogP contribution in [0.2, 0.25) is 0 Å². The summed E-state index contributed by atoms with van der Waals surface area (Å²) in [6.07, 6.45) is 0.175. The Morgan fingerprint density at radius 3 is 2.79 bits per heavy atom. The van der Waals surface area contributed by atoms with E-state index in [1.54, 1.807) is 6.92 Å². The molecule has 0 heterocycles. The Kier molecular flexibility index (Phi) is 3.69. The summed E-state index contributed by atoms with van der Waals surface area (Å²) < 4.78 is 5.50. The molecule has 0 saturated heterocycles. The van der Waals surface area contributed by atoms with Gasteiger partial charge in [-0.2, -0.15) is 0 Å². The van der Waals surface area contributed by atoms with Gasteiger partial charge in [0.05, 0.1) is 0 Å². The van der Waals surface area contributed by atoms with E-state index >= 15 is 0 Å². The average Bonchev–Trinajstić information content (AvgIpc) is 2.16. The Morgan fingerprint density at radius 1 is 1.50 bits per heavy atom. The van der Waals surface area contributed by atoms with Crippen molar-refractivity contribution < 1.29 is 9.53 Å². The van der Waals surface area contributed by atoms with Crippen molar-refractivity contribution in [3.8, 4) is 5.75 Å². The molecule has 0 bridgehead atoms. The number of hydrogen-bond donors (Lipinski definition) is 0. The van der Waals surface area contributed by atoms with Crippen molar-refractivity contribution in [2.45, 2.75) is 33.3 Å². The summed E-state index contributed by atoms with van der Waals surface area (Å²) >= 11 is 0. The van der Waals surface area contributed by atoms with Crippen molar-refractivity contribution in [2.24, 2.45) is 0 Å². The summed E-state index contributed by atoms with van der Waals surface area (Å²) in [4.78, 5) is 11.3. The SMILES string of the molecule is CCC(=O)C(C)Oc1cccc(C)c1. The lowest BCUT2D eigenvalue weighted by atomic mass is 10.2. The van der Waals surface area contributed by atoms with Crippen LogP contribution in [0.25, 0.3) is 0 Å². The van der Waals surface area contributed by atoms with E-state index in [0.29, 0.717) is 6.42 Å². The summed E-state index contributed by atoms with van der Waals surface area (Å²) in [6, 6.07) is 7.72. The van der Waals surface area contributed by atoms with Crippen LogP contribution in [-0.2, 0) is 4.79 Å². The quantitative estimate of drug-likeness (QED) is 0.733. The summed E-state index contributed by atoms with van der Waals surface area (Å²) in [7, 11) is 0. The first-order valence-corrected chi connectivity index (χ1v) is 4.89. The van der Waals surface area contributed by atoms with Gasteiger partial charge in [-0.05, 0) is 31.5 Å². The number of rotatable bonds is 4. The maximum absolute atomic E-state index is 11.3. The smallest absolute Gasteiger partial charge is 0.172 e. The monoisotopic (exact) mass is 192 g/mol. The second-order valence-electron chi connectivity index (χ2n) is 3.40. The fourth-order valence-corrected chi connectivity index (χ4v) is 1.25. The van der Waals surface area contributed by atoms with Gasteiger partial charge in [-0.25, -0.2) is 0 Å². The molecule has 0 aliphatic rings. The molecule has 0 spiro atoms. The molecule has 76 valence electrons. The number of ketones is 1. The number of benzene rings is 1. The highest BCUT2D eigenvalue weighted by Gasteiger charge is 2.11. The molecule has 1 rings (SSSR count). The molecule has 0 aliphatic carbocycles. The molecule has 2 nitrogen and oxygen atoms in total. The van der Waals surface area contributed by atoms with Crippen LogP contribution < -0.4 is 4.74 Å². The Bertz CT molecular complexity index is 318. The van der Waals surface area contributed by atoms with Crippen LogP contribution in [0.4, 0.5) is 0 Å². The largest absolute Gasteiger partial charge is 0.483 e. The molecule has 0 fully saturated rings. The Balaban J connectivity index is 2.64.